The topological polar surface area (TPSA) is 57.8 Å². The number of pyridine rings is 1. The highest BCUT2D eigenvalue weighted by Crippen LogP contribution is 2.31. The van der Waals surface area contributed by atoms with E-state index in [4.69, 9.17) is 16.3 Å². The summed E-state index contributed by atoms with van der Waals surface area (Å²) < 4.78 is 48.9. The first-order valence-electron chi connectivity index (χ1n) is 10.8. The Morgan fingerprint density at radius 2 is 1.82 bits per heavy atom. The molecule has 0 aliphatic heterocycles. The zero-order valence-corrected chi connectivity index (χ0v) is 20.9. The van der Waals surface area contributed by atoms with E-state index in [0.29, 0.717) is 23.9 Å². The normalized spacial score (nSPS) is 12.6. The van der Waals surface area contributed by atoms with Crippen LogP contribution in [0.15, 0.2) is 48.9 Å². The van der Waals surface area contributed by atoms with Gasteiger partial charge in [0.2, 0.25) is 0 Å². The van der Waals surface area contributed by atoms with E-state index in [9.17, 15) is 13.2 Å². The van der Waals surface area contributed by atoms with Gasteiger partial charge in [-0.3, -0.25) is 4.68 Å². The molecule has 0 amide bonds. The van der Waals surface area contributed by atoms with E-state index >= 15 is 0 Å². The Labute approximate surface area is 201 Å². The van der Waals surface area contributed by atoms with Gasteiger partial charge in [-0.2, -0.15) is 18.3 Å². The molecule has 0 unspecified atom stereocenters. The third-order valence-corrected chi connectivity index (χ3v) is 7.24. The van der Waals surface area contributed by atoms with E-state index in [-0.39, 0.29) is 12.6 Å². The van der Waals surface area contributed by atoms with Crippen LogP contribution < -0.4 is 0 Å². The standard InChI is InChI=1S/C23H25ClF3N5OSi/c1-34(2,3)9-8-33-15-31-14-20(23(25,26)27)30-22(31)17-6-4-16(5-7-17)13-32-19-10-21(24)28-11-18(19)12-29-32/h4-7,10-12,14H,8-9,13,15H2,1-3H3. The minimum absolute atomic E-state index is 0.0126. The second-order valence-corrected chi connectivity index (χ2v) is 15.3. The summed E-state index contributed by atoms with van der Waals surface area (Å²) in [5.74, 6) is 0.217. The zero-order valence-electron chi connectivity index (χ0n) is 19.1. The lowest BCUT2D eigenvalue weighted by Crippen LogP contribution is -2.22. The van der Waals surface area contributed by atoms with Crippen molar-refractivity contribution >= 4 is 30.6 Å². The molecule has 0 fully saturated rings. The van der Waals surface area contributed by atoms with Crippen molar-refractivity contribution in [2.45, 2.75) is 45.1 Å². The molecule has 0 aliphatic rings. The molecule has 6 nitrogen and oxygen atoms in total. The van der Waals surface area contributed by atoms with Crippen molar-refractivity contribution in [3.8, 4) is 11.4 Å². The smallest absolute Gasteiger partial charge is 0.361 e. The Balaban J connectivity index is 1.54. The summed E-state index contributed by atoms with van der Waals surface area (Å²) in [5, 5.41) is 5.63. The molecule has 0 radical (unpaired) electrons. The molecule has 0 aliphatic carbocycles. The summed E-state index contributed by atoms with van der Waals surface area (Å²) >= 11 is 6.01. The van der Waals surface area contributed by atoms with Gasteiger partial charge in [-0.1, -0.05) is 55.5 Å². The van der Waals surface area contributed by atoms with Crippen LogP contribution in [0.25, 0.3) is 22.3 Å². The van der Waals surface area contributed by atoms with Gasteiger partial charge in [-0.25, -0.2) is 9.97 Å². The molecule has 0 saturated heterocycles. The molecule has 180 valence electrons. The van der Waals surface area contributed by atoms with Crippen molar-refractivity contribution in [1.29, 1.82) is 0 Å². The van der Waals surface area contributed by atoms with Crippen LogP contribution in [-0.2, 0) is 24.2 Å². The van der Waals surface area contributed by atoms with Crippen LogP contribution >= 0.6 is 11.6 Å². The number of rotatable bonds is 8. The molecule has 0 saturated carbocycles. The summed E-state index contributed by atoms with van der Waals surface area (Å²) in [6.45, 7) is 7.66. The van der Waals surface area contributed by atoms with Gasteiger partial charge in [0, 0.05) is 44.1 Å². The highest BCUT2D eigenvalue weighted by molar-refractivity contribution is 6.76. The first-order chi connectivity index (χ1) is 16.0. The Hall–Kier alpha value is -2.69. The van der Waals surface area contributed by atoms with Crippen LogP contribution in [-0.4, -0.2) is 39.0 Å². The summed E-state index contributed by atoms with van der Waals surface area (Å²) in [6, 6.07) is 9.90. The predicted molar refractivity (Wildman–Crippen MR) is 128 cm³/mol. The minimum Gasteiger partial charge on any atom is -0.361 e. The van der Waals surface area contributed by atoms with Crippen molar-refractivity contribution < 1.29 is 17.9 Å². The van der Waals surface area contributed by atoms with Crippen molar-refractivity contribution in [1.82, 2.24) is 24.3 Å². The third kappa shape index (κ3) is 5.86. The van der Waals surface area contributed by atoms with E-state index in [2.05, 4.69) is 34.7 Å². The molecule has 1 aromatic carbocycles. The monoisotopic (exact) mass is 507 g/mol. The van der Waals surface area contributed by atoms with Gasteiger partial charge in [0.15, 0.2) is 5.69 Å². The van der Waals surface area contributed by atoms with Gasteiger partial charge in [-0.05, 0) is 11.6 Å². The first-order valence-corrected chi connectivity index (χ1v) is 14.9. The molecule has 4 aromatic rings. The average molecular weight is 508 g/mol. The molecule has 0 atom stereocenters. The van der Waals surface area contributed by atoms with Crippen LogP contribution in [0.3, 0.4) is 0 Å². The fourth-order valence-corrected chi connectivity index (χ4v) is 4.34. The molecular formula is C23H25ClF3N5OSi. The second kappa shape index (κ2) is 9.51. The maximum Gasteiger partial charge on any atom is 0.434 e. The Morgan fingerprint density at radius 3 is 2.50 bits per heavy atom. The zero-order chi connectivity index (χ0) is 24.5. The van der Waals surface area contributed by atoms with Gasteiger partial charge in [0.05, 0.1) is 18.3 Å². The number of halogens is 4. The molecule has 34 heavy (non-hydrogen) atoms. The molecule has 11 heteroatoms. The van der Waals surface area contributed by atoms with Crippen LogP contribution in [0, 0.1) is 0 Å². The SMILES string of the molecule is C[Si](C)(C)CCOCn1cc(C(F)(F)F)nc1-c1ccc(Cn2ncc3cnc(Cl)cc32)cc1. The van der Waals surface area contributed by atoms with Crippen LogP contribution in [0.4, 0.5) is 13.2 Å². The fraction of sp³-hybridized carbons (Fsp3) is 0.348. The number of hydrogen-bond donors (Lipinski definition) is 0. The Kier molecular flexibility index (Phi) is 6.84. The van der Waals surface area contributed by atoms with Gasteiger partial charge in [0.25, 0.3) is 0 Å². The molecule has 4 rings (SSSR count). The highest BCUT2D eigenvalue weighted by atomic mass is 35.5. The van der Waals surface area contributed by atoms with Gasteiger partial charge >= 0.3 is 6.18 Å². The van der Waals surface area contributed by atoms with Crippen molar-refractivity contribution in [2.24, 2.45) is 0 Å². The van der Waals surface area contributed by atoms with Crippen molar-refractivity contribution in [2.75, 3.05) is 6.61 Å². The van der Waals surface area contributed by atoms with E-state index in [1.807, 2.05) is 12.1 Å². The number of alkyl halides is 3. The largest absolute Gasteiger partial charge is 0.434 e. The number of hydrogen-bond acceptors (Lipinski definition) is 4. The third-order valence-electron chi connectivity index (χ3n) is 5.33. The van der Waals surface area contributed by atoms with E-state index < -0.39 is 19.9 Å². The minimum atomic E-state index is -4.53. The number of imidazole rings is 1. The van der Waals surface area contributed by atoms with Gasteiger partial charge in [0.1, 0.15) is 17.7 Å². The molecule has 0 spiro atoms. The summed E-state index contributed by atoms with van der Waals surface area (Å²) in [7, 11) is -1.30. The maximum atomic E-state index is 13.3. The quantitative estimate of drug-likeness (QED) is 0.159. The number of aromatic nitrogens is 5. The Bertz CT molecular complexity index is 1280. The molecular weight excluding hydrogens is 483 g/mol. The van der Waals surface area contributed by atoms with Crippen LogP contribution in [0.5, 0.6) is 0 Å². The first kappa shape index (κ1) is 24.4. The lowest BCUT2D eigenvalue weighted by atomic mass is 10.1. The maximum absolute atomic E-state index is 13.3. The van der Waals surface area contributed by atoms with Crippen molar-refractivity contribution in [3.63, 3.8) is 0 Å². The van der Waals surface area contributed by atoms with E-state index in [1.54, 1.807) is 35.3 Å². The summed E-state index contributed by atoms with van der Waals surface area (Å²) in [4.78, 5) is 7.92. The van der Waals surface area contributed by atoms with E-state index in [1.165, 1.54) is 4.57 Å². The second-order valence-electron chi connectivity index (χ2n) is 9.33. The predicted octanol–water partition coefficient (Wildman–Crippen LogP) is 6.33. The fourth-order valence-electron chi connectivity index (χ4n) is 3.43. The lowest BCUT2D eigenvalue weighted by molar-refractivity contribution is -0.141. The molecule has 3 aromatic heterocycles. The van der Waals surface area contributed by atoms with E-state index in [0.717, 1.165) is 28.7 Å². The van der Waals surface area contributed by atoms with Crippen LogP contribution in [0.1, 0.15) is 11.3 Å². The molecule has 0 N–H and O–H groups in total. The van der Waals surface area contributed by atoms with Gasteiger partial charge < -0.3 is 9.30 Å². The number of ether oxygens (including phenoxy) is 1. The highest BCUT2D eigenvalue weighted by Gasteiger charge is 2.35. The molecule has 3 heterocycles. The molecule has 0 bridgehead atoms. The Morgan fingerprint density at radius 1 is 1.09 bits per heavy atom. The van der Waals surface area contributed by atoms with Crippen LogP contribution in [0.2, 0.25) is 30.8 Å². The average Bonchev–Trinajstić information content (AvgIpc) is 3.36. The number of fused-ring (bicyclic) bond motifs is 1. The van der Waals surface area contributed by atoms with Crippen molar-refractivity contribution in [3.05, 3.63) is 65.3 Å². The summed E-state index contributed by atoms with van der Waals surface area (Å²) in [5.41, 5.74) is 1.42. The summed E-state index contributed by atoms with van der Waals surface area (Å²) in [6.07, 6.45) is -0.153. The number of benzene rings is 1. The lowest BCUT2D eigenvalue weighted by Gasteiger charge is -2.16. The van der Waals surface area contributed by atoms with Gasteiger partial charge in [-0.15, -0.1) is 0 Å². The number of nitrogens with zero attached hydrogens (tertiary/aromatic N) is 5.